The molecule has 2 aromatic heterocycles. The number of fused-ring (bicyclic) bond motifs is 1. The largest absolute Gasteiger partial charge is 0.456 e. The fourth-order valence-corrected chi connectivity index (χ4v) is 3.60. The third-order valence-electron chi connectivity index (χ3n) is 4.27. The van der Waals surface area contributed by atoms with Crippen molar-refractivity contribution in [3.8, 4) is 0 Å². The Bertz CT molecular complexity index is 1140. The summed E-state index contributed by atoms with van der Waals surface area (Å²) in [5.41, 5.74) is 4.98. The number of nitrogens with zero attached hydrogens (tertiary/aromatic N) is 2. The van der Waals surface area contributed by atoms with E-state index in [1.54, 1.807) is 6.07 Å². The lowest BCUT2D eigenvalue weighted by Crippen LogP contribution is -2.07. The van der Waals surface area contributed by atoms with E-state index in [4.69, 9.17) is 4.74 Å². The van der Waals surface area contributed by atoms with Gasteiger partial charge >= 0.3 is 5.97 Å². The van der Waals surface area contributed by atoms with Crippen LogP contribution in [0.15, 0.2) is 60.0 Å². The van der Waals surface area contributed by atoms with E-state index in [1.807, 2.05) is 67.8 Å². The second-order valence-electron chi connectivity index (χ2n) is 6.54. The fraction of sp³-hybridized carbons (Fsp3) is 0.136. The summed E-state index contributed by atoms with van der Waals surface area (Å²) in [6.45, 7) is 4.04. The Kier molecular flexibility index (Phi) is 5.04. The van der Waals surface area contributed by atoms with Gasteiger partial charge in [-0.1, -0.05) is 35.9 Å². The highest BCUT2D eigenvalue weighted by molar-refractivity contribution is 7.13. The van der Waals surface area contributed by atoms with Gasteiger partial charge in [0.1, 0.15) is 6.61 Å². The van der Waals surface area contributed by atoms with Gasteiger partial charge in [0.25, 0.3) is 0 Å². The number of carbonyl (C=O) groups is 1. The van der Waals surface area contributed by atoms with Crippen LogP contribution in [0.25, 0.3) is 10.9 Å². The van der Waals surface area contributed by atoms with Crippen LogP contribution in [0.4, 0.5) is 10.8 Å². The molecule has 140 valence electrons. The molecular formula is C22H19N3O2S. The lowest BCUT2D eigenvalue weighted by molar-refractivity contribution is 0.0470. The number of pyridine rings is 1. The smallest absolute Gasteiger partial charge is 0.339 e. The highest BCUT2D eigenvalue weighted by atomic mass is 32.1. The Labute approximate surface area is 167 Å². The normalized spacial score (nSPS) is 10.8. The van der Waals surface area contributed by atoms with Gasteiger partial charge in [0.05, 0.1) is 16.8 Å². The van der Waals surface area contributed by atoms with Gasteiger partial charge in [-0.25, -0.2) is 9.78 Å². The molecule has 0 fully saturated rings. The van der Waals surface area contributed by atoms with Crippen LogP contribution in [0.3, 0.4) is 0 Å². The number of thiazole rings is 1. The van der Waals surface area contributed by atoms with Crippen LogP contribution in [0.5, 0.6) is 0 Å². The number of nitrogens with one attached hydrogen (secondary N) is 1. The van der Waals surface area contributed by atoms with Gasteiger partial charge in [-0.2, -0.15) is 0 Å². The molecule has 28 heavy (non-hydrogen) atoms. The maximum atomic E-state index is 12.6. The summed E-state index contributed by atoms with van der Waals surface area (Å²) >= 11 is 1.48. The number of aromatic nitrogens is 2. The Morgan fingerprint density at radius 2 is 1.86 bits per heavy atom. The molecule has 0 spiro atoms. The minimum absolute atomic E-state index is 0.126. The van der Waals surface area contributed by atoms with Crippen molar-refractivity contribution in [2.24, 2.45) is 0 Å². The zero-order valence-corrected chi connectivity index (χ0v) is 16.4. The van der Waals surface area contributed by atoms with Crippen molar-refractivity contribution in [1.29, 1.82) is 0 Å². The number of benzene rings is 2. The van der Waals surface area contributed by atoms with Crippen LogP contribution in [0.1, 0.15) is 27.3 Å². The molecule has 0 unspecified atom stereocenters. The average molecular weight is 389 g/mol. The van der Waals surface area contributed by atoms with Gasteiger partial charge in [0, 0.05) is 22.1 Å². The lowest BCUT2D eigenvalue weighted by Gasteiger charge is -2.07. The standard InChI is InChI=1S/C22H19N3O2S/c1-14-7-9-16(10-8-14)24-22-25-17(13-28-22)12-27-21(26)19-11-15(2)23-20-6-4-3-5-18(19)20/h3-11,13H,12H2,1-2H3,(H,24,25). The van der Waals surface area contributed by atoms with Crippen LogP contribution in [0.2, 0.25) is 0 Å². The van der Waals surface area contributed by atoms with Crippen LogP contribution in [-0.4, -0.2) is 15.9 Å². The van der Waals surface area contributed by atoms with Crippen molar-refractivity contribution in [1.82, 2.24) is 9.97 Å². The van der Waals surface area contributed by atoms with Gasteiger partial charge in [0.2, 0.25) is 0 Å². The van der Waals surface area contributed by atoms with Crippen molar-refractivity contribution in [3.63, 3.8) is 0 Å². The quantitative estimate of drug-likeness (QED) is 0.463. The van der Waals surface area contributed by atoms with Crippen molar-refractivity contribution < 1.29 is 9.53 Å². The SMILES string of the molecule is Cc1ccc(Nc2nc(COC(=O)c3cc(C)nc4ccccc34)cs2)cc1. The van der Waals surface area contributed by atoms with Gasteiger partial charge in [-0.3, -0.25) is 4.98 Å². The first kappa shape index (κ1) is 18.1. The van der Waals surface area contributed by atoms with E-state index in [1.165, 1.54) is 16.9 Å². The minimum Gasteiger partial charge on any atom is -0.456 e. The molecule has 6 heteroatoms. The molecule has 1 N–H and O–H groups in total. The molecule has 2 aromatic carbocycles. The molecule has 4 rings (SSSR count). The molecule has 0 atom stereocenters. The summed E-state index contributed by atoms with van der Waals surface area (Å²) in [5, 5.41) is 6.70. The second-order valence-corrected chi connectivity index (χ2v) is 7.40. The molecule has 5 nitrogen and oxygen atoms in total. The Morgan fingerprint density at radius 1 is 1.07 bits per heavy atom. The molecule has 2 heterocycles. The number of ether oxygens (including phenoxy) is 1. The van der Waals surface area contributed by atoms with E-state index in [2.05, 4.69) is 15.3 Å². The third-order valence-corrected chi connectivity index (χ3v) is 5.08. The Balaban J connectivity index is 1.44. The Morgan fingerprint density at radius 3 is 2.68 bits per heavy atom. The third kappa shape index (κ3) is 4.02. The van der Waals surface area contributed by atoms with Crippen LogP contribution in [-0.2, 0) is 11.3 Å². The maximum Gasteiger partial charge on any atom is 0.339 e. The highest BCUT2D eigenvalue weighted by Gasteiger charge is 2.14. The summed E-state index contributed by atoms with van der Waals surface area (Å²) in [4.78, 5) is 21.6. The number of rotatable bonds is 5. The van der Waals surface area contributed by atoms with Crippen molar-refractivity contribution in [3.05, 3.63) is 82.5 Å². The number of anilines is 2. The first-order chi connectivity index (χ1) is 13.6. The first-order valence-electron chi connectivity index (χ1n) is 8.90. The maximum absolute atomic E-state index is 12.6. The molecule has 0 aliphatic heterocycles. The number of aryl methyl sites for hydroxylation is 2. The summed E-state index contributed by atoms with van der Waals surface area (Å²) in [6.07, 6.45) is 0. The Hall–Kier alpha value is -3.25. The van der Waals surface area contributed by atoms with Crippen molar-refractivity contribution >= 4 is 39.0 Å². The molecule has 0 radical (unpaired) electrons. The van der Waals surface area contributed by atoms with E-state index in [9.17, 15) is 4.79 Å². The monoisotopic (exact) mass is 389 g/mol. The van der Waals surface area contributed by atoms with E-state index in [0.29, 0.717) is 11.3 Å². The first-order valence-corrected chi connectivity index (χ1v) is 9.78. The van der Waals surface area contributed by atoms with Crippen LogP contribution < -0.4 is 5.32 Å². The topological polar surface area (TPSA) is 64.1 Å². The fourth-order valence-electron chi connectivity index (χ4n) is 2.88. The lowest BCUT2D eigenvalue weighted by atomic mass is 10.1. The van der Waals surface area contributed by atoms with Gasteiger partial charge in [-0.05, 0) is 38.1 Å². The molecule has 0 saturated heterocycles. The number of carbonyl (C=O) groups excluding carboxylic acids is 1. The highest BCUT2D eigenvalue weighted by Crippen LogP contribution is 2.23. The van der Waals surface area contributed by atoms with Gasteiger partial charge in [-0.15, -0.1) is 11.3 Å². The van der Waals surface area contributed by atoms with E-state index in [0.717, 1.165) is 27.4 Å². The minimum atomic E-state index is -0.372. The summed E-state index contributed by atoms with van der Waals surface area (Å²) in [7, 11) is 0. The molecule has 4 aromatic rings. The van der Waals surface area contributed by atoms with E-state index in [-0.39, 0.29) is 12.6 Å². The van der Waals surface area contributed by atoms with Crippen molar-refractivity contribution in [2.75, 3.05) is 5.32 Å². The van der Waals surface area contributed by atoms with Gasteiger partial charge in [0.15, 0.2) is 5.13 Å². The van der Waals surface area contributed by atoms with E-state index < -0.39 is 0 Å². The van der Waals surface area contributed by atoms with Crippen molar-refractivity contribution in [2.45, 2.75) is 20.5 Å². The summed E-state index contributed by atoms with van der Waals surface area (Å²) < 4.78 is 5.51. The summed E-state index contributed by atoms with van der Waals surface area (Å²) in [5.74, 6) is -0.372. The van der Waals surface area contributed by atoms with Crippen LogP contribution >= 0.6 is 11.3 Å². The molecule has 0 saturated carbocycles. The number of hydrogen-bond acceptors (Lipinski definition) is 6. The molecule has 0 bridgehead atoms. The zero-order valence-electron chi connectivity index (χ0n) is 15.6. The molecule has 0 aliphatic carbocycles. The zero-order chi connectivity index (χ0) is 19.5. The predicted octanol–water partition coefficient (Wildman–Crippen LogP) is 5.41. The number of esters is 1. The predicted molar refractivity (Wildman–Crippen MR) is 112 cm³/mol. The van der Waals surface area contributed by atoms with Crippen LogP contribution in [0, 0.1) is 13.8 Å². The molecule has 0 amide bonds. The van der Waals surface area contributed by atoms with E-state index >= 15 is 0 Å². The van der Waals surface area contributed by atoms with Gasteiger partial charge < -0.3 is 10.1 Å². The number of hydrogen-bond donors (Lipinski definition) is 1. The second kappa shape index (κ2) is 7.78. The average Bonchev–Trinajstić information content (AvgIpc) is 3.14. The molecule has 0 aliphatic rings. The summed E-state index contributed by atoms with van der Waals surface area (Å²) in [6, 6.07) is 17.4. The number of para-hydroxylation sites is 1. The molecular weight excluding hydrogens is 370 g/mol.